The number of phenols is 1. The van der Waals surface area contributed by atoms with Crippen molar-refractivity contribution in [3.63, 3.8) is 0 Å². The number of phenolic OH excluding ortho intramolecular Hbond substituents is 1. The number of benzene rings is 1. The maximum atomic E-state index is 13.3. The number of Topliss-reactive ketones (excluding diaryl/α,β-unsaturated/α-hetero) is 2. The number of methoxy groups -OCH3 is 1. The zero-order valence-corrected chi connectivity index (χ0v) is 24.3. The van der Waals surface area contributed by atoms with Crippen LogP contribution in [0.2, 0.25) is 0 Å². The van der Waals surface area contributed by atoms with Gasteiger partial charge in [-0.2, -0.15) is 0 Å². The quantitative estimate of drug-likeness (QED) is 0.242. The molecule has 226 valence electrons. The van der Waals surface area contributed by atoms with Crippen molar-refractivity contribution in [3.8, 4) is 23.3 Å². The van der Waals surface area contributed by atoms with Gasteiger partial charge in [0.2, 0.25) is 0 Å². The van der Waals surface area contributed by atoms with Crippen molar-refractivity contribution in [3.05, 3.63) is 23.3 Å². The van der Waals surface area contributed by atoms with E-state index in [4.69, 9.17) is 4.74 Å². The molecule has 0 spiro atoms. The van der Waals surface area contributed by atoms with Gasteiger partial charge in [0.15, 0.2) is 17.3 Å². The van der Waals surface area contributed by atoms with Crippen LogP contribution in [0, 0.1) is 35.5 Å². The zero-order chi connectivity index (χ0) is 29.4. The van der Waals surface area contributed by atoms with E-state index in [1.54, 1.807) is 12.1 Å². The molecule has 4 rings (SSSR count). The topological polar surface area (TPSA) is 136 Å². The summed E-state index contributed by atoms with van der Waals surface area (Å²) < 4.78 is 5.29. The van der Waals surface area contributed by atoms with Gasteiger partial charge in [-0.05, 0) is 98.9 Å². The lowest BCUT2D eigenvalue weighted by Gasteiger charge is -2.42. The maximum Gasteiger partial charge on any atom is 0.160 e. The number of aliphatic hydroxyl groups is 3. The molecule has 7 unspecified atom stereocenters. The number of nitrogens with one attached hydrogen (secondary N) is 1. The Kier molecular flexibility index (Phi) is 11.6. The third kappa shape index (κ3) is 8.10. The molecule has 2 aliphatic carbocycles. The SMILES string of the molecule is COc1cc2c(cc1O)C(CCCO)C#CC(C(O)CCCC(CCO)C1CNC3CC(=O)CCC3C1)C(=O)CC2. The summed E-state index contributed by atoms with van der Waals surface area (Å²) in [5.74, 6) is 7.13. The number of rotatable bonds is 12. The molecule has 0 aromatic heterocycles. The van der Waals surface area contributed by atoms with Crippen LogP contribution in [0.1, 0.15) is 87.7 Å². The van der Waals surface area contributed by atoms with E-state index >= 15 is 0 Å². The maximum absolute atomic E-state index is 13.3. The Hall–Kier alpha value is -2.44. The summed E-state index contributed by atoms with van der Waals surface area (Å²) in [6.07, 6.45) is 6.98. The summed E-state index contributed by atoms with van der Waals surface area (Å²) in [4.78, 5) is 25.1. The van der Waals surface area contributed by atoms with Gasteiger partial charge >= 0.3 is 0 Å². The number of fused-ring (bicyclic) bond motifs is 2. The lowest BCUT2D eigenvalue weighted by molar-refractivity contribution is -0.124. The number of carbonyl (C=O) groups is 2. The second kappa shape index (κ2) is 15.2. The molecule has 41 heavy (non-hydrogen) atoms. The first kappa shape index (κ1) is 31.5. The van der Waals surface area contributed by atoms with Gasteiger partial charge in [-0.15, -0.1) is 0 Å². The third-order valence-electron chi connectivity index (χ3n) is 9.55. The molecule has 0 radical (unpaired) electrons. The highest BCUT2D eigenvalue weighted by molar-refractivity contribution is 5.85. The standard InChI is InChI=1S/C33H47NO7/c1-41-33-17-23-9-12-31(39)27(11-8-22(5-3-14-35)28(23)19-32(33)40)30(38)6-2-4-21(13-15-36)25-16-24-7-10-26(37)18-29(24)34-20-25/h17,19,21-22,24-25,27,29-30,34-36,38,40H,2-7,9-10,12-16,18,20H2,1H3. The van der Waals surface area contributed by atoms with Gasteiger partial charge in [-0.1, -0.05) is 18.3 Å². The number of hydrogen-bond donors (Lipinski definition) is 5. The van der Waals surface area contributed by atoms with Crippen LogP contribution in [0.25, 0.3) is 0 Å². The van der Waals surface area contributed by atoms with Gasteiger partial charge in [0.1, 0.15) is 11.7 Å². The van der Waals surface area contributed by atoms with Crippen LogP contribution in [-0.2, 0) is 16.0 Å². The van der Waals surface area contributed by atoms with Gasteiger partial charge in [-0.25, -0.2) is 0 Å². The fourth-order valence-electron chi connectivity index (χ4n) is 7.18. The summed E-state index contributed by atoms with van der Waals surface area (Å²) in [5.41, 5.74) is 1.72. The summed E-state index contributed by atoms with van der Waals surface area (Å²) in [5, 5.41) is 44.4. The van der Waals surface area contributed by atoms with Gasteiger partial charge in [0.05, 0.1) is 13.2 Å². The Morgan fingerprint density at radius 2 is 1.88 bits per heavy atom. The number of aromatic hydroxyl groups is 1. The number of hydrogen-bond acceptors (Lipinski definition) is 8. The van der Waals surface area contributed by atoms with Crippen LogP contribution in [0.3, 0.4) is 0 Å². The largest absolute Gasteiger partial charge is 0.504 e. The number of aliphatic hydroxyl groups excluding tert-OH is 3. The molecule has 1 aliphatic heterocycles. The van der Waals surface area contributed by atoms with Crippen LogP contribution >= 0.6 is 0 Å². The number of ketones is 2. The Balaban J connectivity index is 1.40. The molecule has 1 aromatic carbocycles. The van der Waals surface area contributed by atoms with Crippen molar-refractivity contribution in [2.75, 3.05) is 26.9 Å². The Morgan fingerprint density at radius 1 is 1.05 bits per heavy atom. The predicted molar refractivity (Wildman–Crippen MR) is 156 cm³/mol. The fourth-order valence-corrected chi connectivity index (χ4v) is 7.18. The zero-order valence-electron chi connectivity index (χ0n) is 24.3. The van der Waals surface area contributed by atoms with E-state index in [2.05, 4.69) is 17.2 Å². The molecule has 7 atom stereocenters. The highest BCUT2D eigenvalue weighted by Crippen LogP contribution is 2.38. The van der Waals surface area contributed by atoms with E-state index in [9.17, 15) is 30.0 Å². The highest BCUT2D eigenvalue weighted by atomic mass is 16.5. The van der Waals surface area contributed by atoms with Crippen LogP contribution < -0.4 is 10.1 Å². The molecule has 0 amide bonds. The van der Waals surface area contributed by atoms with Gasteiger partial charge in [0.25, 0.3) is 0 Å². The molecular weight excluding hydrogens is 522 g/mol. The first-order valence-electron chi connectivity index (χ1n) is 15.4. The minimum atomic E-state index is -0.884. The van der Waals surface area contributed by atoms with Crippen molar-refractivity contribution >= 4 is 11.6 Å². The molecule has 8 heteroatoms. The number of piperidine rings is 1. The number of carbonyl (C=O) groups excluding carboxylic acids is 2. The molecule has 1 saturated carbocycles. The van der Waals surface area contributed by atoms with Crippen molar-refractivity contribution in [1.29, 1.82) is 0 Å². The fraction of sp³-hybridized carbons (Fsp3) is 0.697. The second-order valence-corrected chi connectivity index (χ2v) is 12.2. The molecule has 0 bridgehead atoms. The molecule has 2 fully saturated rings. The molecule has 1 aromatic rings. The average Bonchev–Trinajstić information content (AvgIpc) is 3.03. The van der Waals surface area contributed by atoms with Crippen molar-refractivity contribution in [1.82, 2.24) is 5.32 Å². The summed E-state index contributed by atoms with van der Waals surface area (Å²) >= 11 is 0. The van der Waals surface area contributed by atoms with Gasteiger partial charge in [0, 0.05) is 44.4 Å². The highest BCUT2D eigenvalue weighted by Gasteiger charge is 2.37. The van der Waals surface area contributed by atoms with Crippen molar-refractivity contribution in [2.24, 2.45) is 23.7 Å². The molecule has 1 heterocycles. The molecular formula is C33H47NO7. The van der Waals surface area contributed by atoms with Crippen LogP contribution in [-0.4, -0.2) is 71.0 Å². The summed E-state index contributed by atoms with van der Waals surface area (Å²) in [6.45, 7) is 0.995. The first-order valence-corrected chi connectivity index (χ1v) is 15.4. The normalized spacial score (nSPS) is 27.8. The Morgan fingerprint density at radius 3 is 2.63 bits per heavy atom. The summed E-state index contributed by atoms with van der Waals surface area (Å²) in [6, 6.07) is 3.70. The first-order chi connectivity index (χ1) is 19.8. The van der Waals surface area contributed by atoms with Crippen molar-refractivity contribution < 1.29 is 34.8 Å². The second-order valence-electron chi connectivity index (χ2n) is 12.2. The predicted octanol–water partition coefficient (Wildman–Crippen LogP) is 3.27. The van der Waals surface area contributed by atoms with Crippen LogP contribution in [0.4, 0.5) is 0 Å². The van der Waals surface area contributed by atoms with Crippen LogP contribution in [0.5, 0.6) is 11.5 Å². The smallest absolute Gasteiger partial charge is 0.160 e. The Bertz CT molecular complexity index is 1110. The van der Waals surface area contributed by atoms with Crippen molar-refractivity contribution in [2.45, 2.75) is 95.1 Å². The van der Waals surface area contributed by atoms with E-state index in [1.165, 1.54) is 7.11 Å². The summed E-state index contributed by atoms with van der Waals surface area (Å²) in [7, 11) is 1.49. The third-order valence-corrected chi connectivity index (χ3v) is 9.55. The van der Waals surface area contributed by atoms with Crippen LogP contribution in [0.15, 0.2) is 12.1 Å². The van der Waals surface area contributed by atoms with E-state index in [1.807, 2.05) is 0 Å². The van der Waals surface area contributed by atoms with Gasteiger partial charge < -0.3 is 30.5 Å². The lowest BCUT2D eigenvalue weighted by atomic mass is 9.71. The average molecular weight is 570 g/mol. The van der Waals surface area contributed by atoms with E-state index in [0.717, 1.165) is 43.4 Å². The Labute approximate surface area is 243 Å². The molecule has 8 nitrogen and oxygen atoms in total. The molecule has 1 saturated heterocycles. The molecule has 5 N–H and O–H groups in total. The lowest BCUT2D eigenvalue weighted by Crippen LogP contribution is -2.50. The monoisotopic (exact) mass is 569 g/mol. The molecule has 3 aliphatic rings. The number of aryl methyl sites for hydroxylation is 1. The van der Waals surface area contributed by atoms with E-state index in [0.29, 0.717) is 74.2 Å². The minimum absolute atomic E-state index is 0.0160. The van der Waals surface area contributed by atoms with E-state index in [-0.39, 0.29) is 43.1 Å². The minimum Gasteiger partial charge on any atom is -0.504 e. The van der Waals surface area contributed by atoms with E-state index < -0.39 is 12.0 Å². The van der Waals surface area contributed by atoms with Gasteiger partial charge in [-0.3, -0.25) is 9.59 Å². The number of ether oxygens (including phenoxy) is 1.